The number of hydrogen-bond donors (Lipinski definition) is 1. The molecule has 1 rings (SSSR count). The summed E-state index contributed by atoms with van der Waals surface area (Å²) in [5.41, 5.74) is 0.926. The SMILES string of the molecule is CCC(CC)N(CC(C)C)c1ncccc1[C@H](C)O. The van der Waals surface area contributed by atoms with Crippen molar-refractivity contribution < 1.29 is 5.11 Å². The van der Waals surface area contributed by atoms with Crippen molar-refractivity contribution in [2.75, 3.05) is 11.4 Å². The molecule has 0 aliphatic rings. The maximum Gasteiger partial charge on any atom is 0.134 e. The number of aromatic nitrogens is 1. The van der Waals surface area contributed by atoms with Gasteiger partial charge >= 0.3 is 0 Å². The summed E-state index contributed by atoms with van der Waals surface area (Å²) < 4.78 is 0. The average molecular weight is 264 g/mol. The molecule has 0 amide bonds. The molecule has 0 bridgehead atoms. The standard InChI is InChI=1S/C16H28N2O/c1-6-14(7-2)18(11-12(3)4)16-15(13(5)19)9-8-10-17-16/h8-10,12-14,19H,6-7,11H2,1-5H3/t13-/m0/s1. The van der Waals surface area contributed by atoms with Crippen molar-refractivity contribution in [2.45, 2.75) is 59.6 Å². The molecule has 0 radical (unpaired) electrons. The Hall–Kier alpha value is -1.09. The summed E-state index contributed by atoms with van der Waals surface area (Å²) in [5.74, 6) is 1.52. The van der Waals surface area contributed by atoms with E-state index in [2.05, 4.69) is 37.6 Å². The van der Waals surface area contributed by atoms with Crippen LogP contribution in [0, 0.1) is 5.92 Å². The van der Waals surface area contributed by atoms with E-state index in [9.17, 15) is 5.11 Å². The van der Waals surface area contributed by atoms with Crippen LogP contribution in [0.4, 0.5) is 5.82 Å². The molecule has 0 fully saturated rings. The molecule has 0 aromatic carbocycles. The fraction of sp³-hybridized carbons (Fsp3) is 0.688. The van der Waals surface area contributed by atoms with Gasteiger partial charge in [0.25, 0.3) is 0 Å². The molecule has 108 valence electrons. The molecule has 0 saturated carbocycles. The highest BCUT2D eigenvalue weighted by Gasteiger charge is 2.22. The molecular formula is C16H28N2O. The first-order chi connectivity index (χ1) is 9.01. The van der Waals surface area contributed by atoms with Crippen molar-refractivity contribution in [1.29, 1.82) is 0 Å². The Balaban J connectivity index is 3.16. The lowest BCUT2D eigenvalue weighted by molar-refractivity contribution is 0.199. The van der Waals surface area contributed by atoms with Crippen LogP contribution < -0.4 is 4.90 Å². The highest BCUT2D eigenvalue weighted by molar-refractivity contribution is 5.48. The van der Waals surface area contributed by atoms with E-state index in [1.807, 2.05) is 18.3 Å². The molecule has 0 spiro atoms. The number of hydrogen-bond acceptors (Lipinski definition) is 3. The van der Waals surface area contributed by atoms with Crippen molar-refractivity contribution in [2.24, 2.45) is 5.92 Å². The van der Waals surface area contributed by atoms with Crippen LogP contribution in [0.3, 0.4) is 0 Å². The largest absolute Gasteiger partial charge is 0.389 e. The Morgan fingerprint density at radius 3 is 2.32 bits per heavy atom. The van der Waals surface area contributed by atoms with E-state index in [0.29, 0.717) is 12.0 Å². The number of anilines is 1. The minimum atomic E-state index is -0.479. The number of aliphatic hydroxyl groups is 1. The minimum Gasteiger partial charge on any atom is -0.389 e. The zero-order valence-electron chi connectivity index (χ0n) is 12.9. The van der Waals surface area contributed by atoms with Gasteiger partial charge in [0.1, 0.15) is 5.82 Å². The Labute approximate surface area is 117 Å². The van der Waals surface area contributed by atoms with Crippen LogP contribution in [0.25, 0.3) is 0 Å². The van der Waals surface area contributed by atoms with Gasteiger partial charge in [0.15, 0.2) is 0 Å². The Morgan fingerprint density at radius 2 is 1.84 bits per heavy atom. The van der Waals surface area contributed by atoms with Crippen LogP contribution in [0.15, 0.2) is 18.3 Å². The second-order valence-corrected chi connectivity index (χ2v) is 5.61. The first kappa shape index (κ1) is 16.0. The van der Waals surface area contributed by atoms with Crippen LogP contribution in [0.2, 0.25) is 0 Å². The van der Waals surface area contributed by atoms with Gasteiger partial charge in [0.2, 0.25) is 0 Å². The molecule has 0 aliphatic carbocycles. The maximum atomic E-state index is 9.95. The quantitative estimate of drug-likeness (QED) is 0.814. The molecule has 19 heavy (non-hydrogen) atoms. The summed E-state index contributed by atoms with van der Waals surface area (Å²) >= 11 is 0. The lowest BCUT2D eigenvalue weighted by Gasteiger charge is -2.34. The molecule has 0 unspecified atom stereocenters. The van der Waals surface area contributed by atoms with E-state index in [4.69, 9.17) is 0 Å². The van der Waals surface area contributed by atoms with Gasteiger partial charge in [-0.15, -0.1) is 0 Å². The van der Waals surface area contributed by atoms with Gasteiger partial charge in [-0.25, -0.2) is 4.98 Å². The van der Waals surface area contributed by atoms with Gasteiger partial charge in [0, 0.05) is 24.3 Å². The van der Waals surface area contributed by atoms with Crippen LogP contribution >= 0.6 is 0 Å². The molecule has 1 aromatic rings. The van der Waals surface area contributed by atoms with Gasteiger partial charge in [-0.1, -0.05) is 33.8 Å². The zero-order chi connectivity index (χ0) is 14.4. The van der Waals surface area contributed by atoms with Crippen molar-refractivity contribution in [3.8, 4) is 0 Å². The second-order valence-electron chi connectivity index (χ2n) is 5.61. The third-order valence-electron chi connectivity index (χ3n) is 3.48. The average Bonchev–Trinajstić information content (AvgIpc) is 2.38. The Morgan fingerprint density at radius 1 is 1.21 bits per heavy atom. The molecule has 0 saturated heterocycles. The monoisotopic (exact) mass is 264 g/mol. The fourth-order valence-corrected chi connectivity index (χ4v) is 2.51. The van der Waals surface area contributed by atoms with E-state index >= 15 is 0 Å². The summed E-state index contributed by atoms with van der Waals surface area (Å²) in [6.07, 6.45) is 3.53. The topological polar surface area (TPSA) is 36.4 Å². The predicted molar refractivity (Wildman–Crippen MR) is 81.4 cm³/mol. The first-order valence-corrected chi connectivity index (χ1v) is 7.40. The highest BCUT2D eigenvalue weighted by Crippen LogP contribution is 2.27. The predicted octanol–water partition coefficient (Wildman–Crippen LogP) is 3.79. The van der Waals surface area contributed by atoms with E-state index in [0.717, 1.165) is 30.8 Å². The van der Waals surface area contributed by atoms with Crippen LogP contribution in [-0.2, 0) is 0 Å². The van der Waals surface area contributed by atoms with E-state index < -0.39 is 6.10 Å². The van der Waals surface area contributed by atoms with Crippen molar-refractivity contribution in [3.63, 3.8) is 0 Å². The number of rotatable bonds is 7. The van der Waals surface area contributed by atoms with Crippen LogP contribution in [0.1, 0.15) is 59.1 Å². The number of aliphatic hydroxyl groups excluding tert-OH is 1. The lowest BCUT2D eigenvalue weighted by atomic mass is 10.0. The van der Waals surface area contributed by atoms with Crippen molar-refractivity contribution in [3.05, 3.63) is 23.9 Å². The Kier molecular flexibility index (Phi) is 6.29. The van der Waals surface area contributed by atoms with Gasteiger partial charge in [-0.05, 0) is 31.7 Å². The third-order valence-corrected chi connectivity index (χ3v) is 3.48. The molecule has 1 heterocycles. The summed E-state index contributed by atoms with van der Waals surface area (Å²) in [7, 11) is 0. The third kappa shape index (κ3) is 4.20. The summed E-state index contributed by atoms with van der Waals surface area (Å²) in [6.45, 7) is 11.7. The lowest BCUT2D eigenvalue weighted by Crippen LogP contribution is -2.38. The van der Waals surface area contributed by atoms with Gasteiger partial charge < -0.3 is 10.0 Å². The first-order valence-electron chi connectivity index (χ1n) is 7.40. The normalized spacial score (nSPS) is 13.1. The molecule has 1 aromatic heterocycles. The summed E-state index contributed by atoms with van der Waals surface area (Å²) in [4.78, 5) is 6.90. The van der Waals surface area contributed by atoms with E-state index in [1.165, 1.54) is 0 Å². The second kappa shape index (κ2) is 7.49. The van der Waals surface area contributed by atoms with Crippen molar-refractivity contribution in [1.82, 2.24) is 4.98 Å². The highest BCUT2D eigenvalue weighted by atomic mass is 16.3. The van der Waals surface area contributed by atoms with Crippen molar-refractivity contribution >= 4 is 5.82 Å². The molecule has 1 atom stereocenters. The van der Waals surface area contributed by atoms with E-state index in [1.54, 1.807) is 6.92 Å². The van der Waals surface area contributed by atoms with Gasteiger partial charge in [-0.2, -0.15) is 0 Å². The zero-order valence-corrected chi connectivity index (χ0v) is 12.9. The summed E-state index contributed by atoms with van der Waals surface area (Å²) in [5, 5.41) is 9.95. The Bertz CT molecular complexity index is 373. The van der Waals surface area contributed by atoms with E-state index in [-0.39, 0.29) is 0 Å². The molecule has 3 heteroatoms. The number of pyridine rings is 1. The fourth-order valence-electron chi connectivity index (χ4n) is 2.51. The molecule has 0 aliphatic heterocycles. The smallest absolute Gasteiger partial charge is 0.134 e. The molecular weight excluding hydrogens is 236 g/mol. The molecule has 1 N–H and O–H groups in total. The minimum absolute atomic E-state index is 0.479. The van der Waals surface area contributed by atoms with Crippen LogP contribution in [0.5, 0.6) is 0 Å². The van der Waals surface area contributed by atoms with Crippen LogP contribution in [-0.4, -0.2) is 22.7 Å². The van der Waals surface area contributed by atoms with Gasteiger partial charge in [0.05, 0.1) is 6.10 Å². The maximum absolute atomic E-state index is 9.95. The van der Waals surface area contributed by atoms with Gasteiger partial charge in [-0.3, -0.25) is 0 Å². The summed E-state index contributed by atoms with van der Waals surface area (Å²) in [6, 6.07) is 4.35. The molecule has 3 nitrogen and oxygen atoms in total. The number of nitrogens with zero attached hydrogens (tertiary/aromatic N) is 2.